The van der Waals surface area contributed by atoms with E-state index in [9.17, 15) is 4.79 Å². The van der Waals surface area contributed by atoms with Crippen LogP contribution in [0.4, 0.5) is 5.69 Å². The third kappa shape index (κ3) is 5.85. The maximum absolute atomic E-state index is 12.6. The average Bonchev–Trinajstić information content (AvgIpc) is 3.37. The Morgan fingerprint density at radius 1 is 0.886 bits per heavy atom. The van der Waals surface area contributed by atoms with E-state index < -0.39 is 0 Å². The molecule has 10 heteroatoms. The maximum atomic E-state index is 12.6. The summed E-state index contributed by atoms with van der Waals surface area (Å²) in [5.41, 5.74) is 1.15. The number of amides is 1. The number of hydrogen-bond donors (Lipinski definition) is 1. The van der Waals surface area contributed by atoms with Crippen LogP contribution < -0.4 is 24.3 Å². The van der Waals surface area contributed by atoms with E-state index in [1.807, 2.05) is 42.5 Å². The van der Waals surface area contributed by atoms with Crippen LogP contribution in [0.3, 0.4) is 0 Å². The molecule has 1 amide bonds. The zero-order chi connectivity index (χ0) is 24.6. The number of hydrogen-bond acceptors (Lipinski definition) is 9. The highest BCUT2D eigenvalue weighted by atomic mass is 32.2. The number of aromatic nitrogens is 2. The molecule has 35 heavy (non-hydrogen) atoms. The average molecular weight is 494 g/mol. The first-order chi connectivity index (χ1) is 17.1. The number of nitrogens with zero attached hydrogens (tertiary/aromatic N) is 2. The number of anilines is 1. The normalized spacial score (nSPS) is 10.5. The molecule has 1 N–H and O–H groups in total. The highest BCUT2D eigenvalue weighted by Gasteiger charge is 2.18. The van der Waals surface area contributed by atoms with Gasteiger partial charge in [-0.2, -0.15) is 0 Å². The predicted octanol–water partition coefficient (Wildman–Crippen LogP) is 5.29. The lowest BCUT2D eigenvalue weighted by Crippen LogP contribution is -2.14. The molecule has 9 nitrogen and oxygen atoms in total. The molecule has 0 unspecified atom stereocenters. The minimum Gasteiger partial charge on any atom is -0.493 e. The van der Waals surface area contributed by atoms with Gasteiger partial charge in [0.05, 0.1) is 32.8 Å². The quantitative estimate of drug-likeness (QED) is 0.295. The Hall–Kier alpha value is -4.18. The van der Waals surface area contributed by atoms with Crippen molar-refractivity contribution in [3.8, 4) is 40.2 Å². The van der Waals surface area contributed by atoms with E-state index in [0.29, 0.717) is 40.0 Å². The lowest BCUT2D eigenvalue weighted by molar-refractivity contribution is -0.113. The lowest BCUT2D eigenvalue weighted by Gasteiger charge is -2.12. The van der Waals surface area contributed by atoms with Gasteiger partial charge >= 0.3 is 0 Å². The number of carbonyl (C=O) groups is 1. The first-order valence-electron chi connectivity index (χ1n) is 10.5. The fourth-order valence-electron chi connectivity index (χ4n) is 3.18. The van der Waals surface area contributed by atoms with Crippen LogP contribution in [0.1, 0.15) is 0 Å². The van der Waals surface area contributed by atoms with Gasteiger partial charge in [-0.05, 0) is 36.4 Å². The highest BCUT2D eigenvalue weighted by molar-refractivity contribution is 7.99. The molecule has 0 fully saturated rings. The van der Waals surface area contributed by atoms with E-state index in [2.05, 4.69) is 15.5 Å². The molecule has 4 rings (SSSR count). The van der Waals surface area contributed by atoms with Gasteiger partial charge in [0.25, 0.3) is 5.22 Å². The molecular weight excluding hydrogens is 470 g/mol. The van der Waals surface area contributed by atoms with Gasteiger partial charge in [-0.3, -0.25) is 4.79 Å². The number of para-hydroxylation sites is 3. The Kier molecular flexibility index (Phi) is 7.74. The standard InChI is InChI=1S/C25H23N3O6S/c1-30-20-13-16(14-21(31-2)23(20)32-3)24-27-28-25(34-24)35-15-22(29)26-18-11-7-8-12-19(18)33-17-9-5-4-6-10-17/h4-14H,15H2,1-3H3,(H,26,29). The Bertz CT molecular complexity index is 1270. The van der Waals surface area contributed by atoms with Crippen LogP contribution in [0, 0.1) is 0 Å². The van der Waals surface area contributed by atoms with E-state index in [1.165, 1.54) is 21.3 Å². The van der Waals surface area contributed by atoms with Crippen LogP contribution in [0.15, 0.2) is 76.4 Å². The Morgan fingerprint density at radius 3 is 2.26 bits per heavy atom. The number of methoxy groups -OCH3 is 3. The summed E-state index contributed by atoms with van der Waals surface area (Å²) in [5, 5.41) is 11.2. The number of nitrogens with one attached hydrogen (secondary N) is 1. The topological polar surface area (TPSA) is 105 Å². The van der Waals surface area contributed by atoms with Crippen LogP contribution in [-0.2, 0) is 4.79 Å². The van der Waals surface area contributed by atoms with Crippen LogP contribution in [0.25, 0.3) is 11.5 Å². The second-order valence-corrected chi connectivity index (χ2v) is 7.96. The summed E-state index contributed by atoms with van der Waals surface area (Å²) in [6, 6.07) is 20.0. The van der Waals surface area contributed by atoms with Crippen LogP contribution in [-0.4, -0.2) is 43.2 Å². The minimum atomic E-state index is -0.244. The van der Waals surface area contributed by atoms with Crippen LogP contribution in [0.2, 0.25) is 0 Å². The molecule has 1 heterocycles. The van der Waals surface area contributed by atoms with Gasteiger partial charge < -0.3 is 28.7 Å². The molecule has 0 bridgehead atoms. The summed E-state index contributed by atoms with van der Waals surface area (Å²) < 4.78 is 27.7. The lowest BCUT2D eigenvalue weighted by atomic mass is 10.2. The molecule has 180 valence electrons. The monoisotopic (exact) mass is 493 g/mol. The van der Waals surface area contributed by atoms with Gasteiger partial charge in [0.2, 0.25) is 17.5 Å². The van der Waals surface area contributed by atoms with Crippen molar-refractivity contribution >= 4 is 23.4 Å². The fourth-order valence-corrected chi connectivity index (χ4v) is 3.74. The van der Waals surface area contributed by atoms with E-state index in [-0.39, 0.29) is 22.8 Å². The number of carbonyl (C=O) groups excluding carboxylic acids is 1. The van der Waals surface area contributed by atoms with Crippen molar-refractivity contribution in [1.29, 1.82) is 0 Å². The zero-order valence-corrected chi connectivity index (χ0v) is 20.1. The smallest absolute Gasteiger partial charge is 0.277 e. The van der Waals surface area contributed by atoms with Gasteiger partial charge in [-0.15, -0.1) is 10.2 Å². The van der Waals surface area contributed by atoms with Crippen molar-refractivity contribution in [3.63, 3.8) is 0 Å². The summed E-state index contributed by atoms with van der Waals surface area (Å²) in [4.78, 5) is 12.6. The summed E-state index contributed by atoms with van der Waals surface area (Å²) in [6.45, 7) is 0. The van der Waals surface area contributed by atoms with E-state index >= 15 is 0 Å². The summed E-state index contributed by atoms with van der Waals surface area (Å²) >= 11 is 1.12. The molecular formula is C25H23N3O6S. The van der Waals surface area contributed by atoms with E-state index in [1.54, 1.807) is 24.3 Å². The zero-order valence-electron chi connectivity index (χ0n) is 19.3. The predicted molar refractivity (Wildman–Crippen MR) is 132 cm³/mol. The number of ether oxygens (including phenoxy) is 4. The van der Waals surface area contributed by atoms with Crippen molar-refractivity contribution in [2.24, 2.45) is 0 Å². The second kappa shape index (κ2) is 11.3. The Balaban J connectivity index is 1.41. The SMILES string of the molecule is COc1cc(-c2nnc(SCC(=O)Nc3ccccc3Oc3ccccc3)o2)cc(OC)c1OC. The summed E-state index contributed by atoms with van der Waals surface area (Å²) in [5.74, 6) is 2.68. The van der Waals surface area contributed by atoms with Crippen molar-refractivity contribution < 1.29 is 28.2 Å². The van der Waals surface area contributed by atoms with Crippen LogP contribution >= 0.6 is 11.8 Å². The first kappa shape index (κ1) is 24.0. The van der Waals surface area contributed by atoms with Crippen molar-refractivity contribution in [2.75, 3.05) is 32.4 Å². The third-order valence-corrected chi connectivity index (χ3v) is 5.60. The highest BCUT2D eigenvalue weighted by Crippen LogP contribution is 2.41. The molecule has 0 saturated carbocycles. The molecule has 1 aromatic heterocycles. The van der Waals surface area contributed by atoms with E-state index in [0.717, 1.165) is 11.8 Å². The number of thioether (sulfide) groups is 1. The van der Waals surface area contributed by atoms with Crippen LogP contribution in [0.5, 0.6) is 28.7 Å². The van der Waals surface area contributed by atoms with Gasteiger partial charge in [-0.1, -0.05) is 42.1 Å². The first-order valence-corrected chi connectivity index (χ1v) is 11.5. The van der Waals surface area contributed by atoms with E-state index in [4.69, 9.17) is 23.4 Å². The summed E-state index contributed by atoms with van der Waals surface area (Å²) in [6.07, 6.45) is 0. The molecule has 4 aromatic rings. The van der Waals surface area contributed by atoms with Crippen molar-refractivity contribution in [2.45, 2.75) is 5.22 Å². The van der Waals surface area contributed by atoms with Crippen molar-refractivity contribution in [3.05, 3.63) is 66.7 Å². The molecule has 0 aliphatic carbocycles. The third-order valence-electron chi connectivity index (χ3n) is 4.78. The minimum absolute atomic E-state index is 0.0660. The Labute approximate surface area is 206 Å². The molecule has 0 aliphatic rings. The Morgan fingerprint density at radius 2 is 1.57 bits per heavy atom. The fraction of sp³-hybridized carbons (Fsp3) is 0.160. The molecule has 0 atom stereocenters. The summed E-state index contributed by atoms with van der Waals surface area (Å²) in [7, 11) is 4.58. The number of rotatable bonds is 10. The van der Waals surface area contributed by atoms with Gasteiger partial charge in [-0.25, -0.2) is 0 Å². The molecule has 0 radical (unpaired) electrons. The van der Waals surface area contributed by atoms with Gasteiger partial charge in [0.1, 0.15) is 5.75 Å². The van der Waals surface area contributed by atoms with Gasteiger partial charge in [0.15, 0.2) is 17.2 Å². The molecule has 0 aliphatic heterocycles. The second-order valence-electron chi connectivity index (χ2n) is 7.04. The maximum Gasteiger partial charge on any atom is 0.277 e. The largest absolute Gasteiger partial charge is 0.493 e. The molecule has 0 spiro atoms. The molecule has 3 aromatic carbocycles. The number of benzene rings is 3. The van der Waals surface area contributed by atoms with Crippen molar-refractivity contribution in [1.82, 2.24) is 10.2 Å². The molecule has 0 saturated heterocycles. The van der Waals surface area contributed by atoms with Gasteiger partial charge in [0, 0.05) is 5.56 Å².